The number of methoxy groups -OCH3 is 1. The minimum Gasteiger partial charge on any atom is -0.497 e. The number of benzene rings is 1. The molecule has 0 radical (unpaired) electrons. The number of aromatic nitrogens is 1. The zero-order valence-corrected chi connectivity index (χ0v) is 24.3. The molecule has 1 aromatic heterocycles. The van der Waals surface area contributed by atoms with Crippen molar-refractivity contribution >= 4 is 25.1 Å². The van der Waals surface area contributed by atoms with Gasteiger partial charge in [0, 0.05) is 53.6 Å². The lowest BCUT2D eigenvalue weighted by atomic mass is 9.66. The molecule has 1 spiro atoms. The molecule has 1 saturated carbocycles. The maximum absolute atomic E-state index is 13.0. The van der Waals surface area contributed by atoms with Crippen LogP contribution in [-0.4, -0.2) is 57.5 Å². The second-order valence-corrected chi connectivity index (χ2v) is 18.1. The fourth-order valence-electron chi connectivity index (χ4n) is 5.97. The Morgan fingerprint density at radius 1 is 1.19 bits per heavy atom. The van der Waals surface area contributed by atoms with Crippen LogP contribution in [0.15, 0.2) is 18.2 Å². The molecule has 2 aromatic rings. The zero-order valence-electron chi connectivity index (χ0n) is 23.3. The molecule has 1 unspecified atom stereocenters. The number of carbonyl (C=O) groups excluding carboxylic acids is 1. The molecular formula is C29H45N3O3Si. The maximum atomic E-state index is 13.0. The molecule has 36 heavy (non-hydrogen) atoms. The van der Waals surface area contributed by atoms with Crippen LogP contribution in [0.1, 0.15) is 71.1 Å². The number of rotatable bonds is 5. The van der Waals surface area contributed by atoms with Crippen LogP contribution >= 0.6 is 0 Å². The summed E-state index contributed by atoms with van der Waals surface area (Å²) in [6, 6.07) is 6.41. The second-order valence-electron chi connectivity index (χ2n) is 13.3. The van der Waals surface area contributed by atoms with Crippen LogP contribution in [0, 0.1) is 5.92 Å². The Bertz CT molecular complexity index is 1140. The molecule has 3 heterocycles. The van der Waals surface area contributed by atoms with Gasteiger partial charge < -0.3 is 24.4 Å². The molecule has 198 valence electrons. The van der Waals surface area contributed by atoms with Crippen molar-refractivity contribution in [3.8, 4) is 5.75 Å². The molecule has 2 aliphatic heterocycles. The van der Waals surface area contributed by atoms with E-state index in [2.05, 4.69) is 74.2 Å². The summed E-state index contributed by atoms with van der Waals surface area (Å²) in [6.45, 7) is 17.1. The Balaban J connectivity index is 1.49. The number of nitrogens with one attached hydrogen (secondary N) is 2. The normalized spacial score (nSPS) is 24.6. The highest BCUT2D eigenvalue weighted by molar-refractivity contribution is 6.74. The quantitative estimate of drug-likeness (QED) is 0.507. The smallest absolute Gasteiger partial charge is 0.225 e. The Labute approximate surface area is 217 Å². The van der Waals surface area contributed by atoms with Gasteiger partial charge in [0.15, 0.2) is 8.32 Å². The average Bonchev–Trinajstić information content (AvgIpc) is 3.20. The van der Waals surface area contributed by atoms with Crippen molar-refractivity contribution < 1.29 is 14.0 Å². The summed E-state index contributed by atoms with van der Waals surface area (Å²) in [5, 5.41) is 5.39. The highest BCUT2D eigenvalue weighted by atomic mass is 28.4. The van der Waals surface area contributed by atoms with Gasteiger partial charge in [-0.1, -0.05) is 27.2 Å². The van der Waals surface area contributed by atoms with E-state index in [9.17, 15) is 4.79 Å². The standard InChI is InChI=1S/C29H45N3O3Si/c1-27(2,3)36(6,7)35-19-28(4)25-24(22-12-11-21(34-5)17-23(22)31-25)29(18-30-28)13-15-32(16-14-29)26(33)20-9-8-10-20/h11-12,17,20,30-31H,8-10,13-16,18-19H2,1-7H3. The van der Waals surface area contributed by atoms with E-state index in [1.165, 1.54) is 23.1 Å². The van der Waals surface area contributed by atoms with Gasteiger partial charge in [-0.05, 0) is 68.4 Å². The lowest BCUT2D eigenvalue weighted by Gasteiger charge is -2.50. The first-order chi connectivity index (χ1) is 16.9. The van der Waals surface area contributed by atoms with Crippen LogP contribution in [0.25, 0.3) is 10.9 Å². The van der Waals surface area contributed by atoms with Crippen LogP contribution in [-0.2, 0) is 20.2 Å². The summed E-state index contributed by atoms with van der Waals surface area (Å²) in [5.41, 5.74) is 3.50. The summed E-state index contributed by atoms with van der Waals surface area (Å²) in [5.74, 6) is 1.52. The van der Waals surface area contributed by atoms with E-state index in [1.54, 1.807) is 7.11 Å². The average molecular weight is 512 g/mol. The van der Waals surface area contributed by atoms with Crippen LogP contribution < -0.4 is 10.1 Å². The number of nitrogens with zero attached hydrogens (tertiary/aromatic N) is 1. The Morgan fingerprint density at radius 3 is 2.47 bits per heavy atom. The first kappa shape index (κ1) is 25.8. The summed E-state index contributed by atoms with van der Waals surface area (Å²) >= 11 is 0. The predicted octanol–water partition coefficient (Wildman–Crippen LogP) is 5.68. The molecule has 1 amide bonds. The summed E-state index contributed by atoms with van der Waals surface area (Å²) < 4.78 is 12.3. The zero-order chi connectivity index (χ0) is 25.9. The summed E-state index contributed by atoms with van der Waals surface area (Å²) in [4.78, 5) is 18.9. The predicted molar refractivity (Wildman–Crippen MR) is 148 cm³/mol. The highest BCUT2D eigenvalue weighted by Crippen LogP contribution is 2.49. The van der Waals surface area contributed by atoms with Gasteiger partial charge in [-0.2, -0.15) is 0 Å². The van der Waals surface area contributed by atoms with Gasteiger partial charge in [0.25, 0.3) is 0 Å². The topological polar surface area (TPSA) is 66.6 Å². The van der Waals surface area contributed by atoms with Gasteiger partial charge in [-0.25, -0.2) is 0 Å². The van der Waals surface area contributed by atoms with Crippen molar-refractivity contribution in [1.82, 2.24) is 15.2 Å². The largest absolute Gasteiger partial charge is 0.497 e. The fourth-order valence-corrected chi connectivity index (χ4v) is 7.05. The third-order valence-electron chi connectivity index (χ3n) is 9.92. The molecule has 1 aliphatic carbocycles. The van der Waals surface area contributed by atoms with Crippen molar-refractivity contribution in [1.29, 1.82) is 0 Å². The van der Waals surface area contributed by atoms with Gasteiger partial charge in [0.2, 0.25) is 5.91 Å². The van der Waals surface area contributed by atoms with E-state index < -0.39 is 8.32 Å². The summed E-state index contributed by atoms with van der Waals surface area (Å²) in [6.07, 6.45) is 5.33. The van der Waals surface area contributed by atoms with Crippen LogP contribution in [0.4, 0.5) is 0 Å². The van der Waals surface area contributed by atoms with E-state index in [1.807, 2.05) is 0 Å². The SMILES string of the molecule is COc1ccc2c3c([nH]c2c1)C(C)(CO[Si](C)(C)C(C)(C)C)NCC31CCN(C(=O)C2CCC2)CC1. The number of ether oxygens (including phenoxy) is 1. The third-order valence-corrected chi connectivity index (χ3v) is 14.4. The van der Waals surface area contributed by atoms with E-state index in [0.29, 0.717) is 12.5 Å². The Hall–Kier alpha value is -1.83. The van der Waals surface area contributed by atoms with Crippen molar-refractivity contribution in [2.45, 2.75) is 88.9 Å². The number of fused-ring (bicyclic) bond motifs is 4. The number of hydrogen-bond acceptors (Lipinski definition) is 4. The number of likely N-dealkylation sites (tertiary alicyclic amines) is 1. The van der Waals surface area contributed by atoms with E-state index in [4.69, 9.17) is 9.16 Å². The van der Waals surface area contributed by atoms with Gasteiger partial charge >= 0.3 is 0 Å². The van der Waals surface area contributed by atoms with Crippen molar-refractivity contribution in [3.05, 3.63) is 29.5 Å². The van der Waals surface area contributed by atoms with Gasteiger partial charge in [0.1, 0.15) is 5.75 Å². The van der Waals surface area contributed by atoms with Crippen LogP contribution in [0.2, 0.25) is 18.1 Å². The van der Waals surface area contributed by atoms with Gasteiger partial charge in [-0.3, -0.25) is 4.79 Å². The van der Waals surface area contributed by atoms with Gasteiger partial charge in [0.05, 0.1) is 19.3 Å². The number of hydrogen-bond donors (Lipinski definition) is 2. The molecule has 6 nitrogen and oxygen atoms in total. The van der Waals surface area contributed by atoms with Crippen molar-refractivity contribution in [2.24, 2.45) is 5.92 Å². The number of amides is 1. The third kappa shape index (κ3) is 4.21. The molecule has 7 heteroatoms. The maximum Gasteiger partial charge on any atom is 0.225 e. The number of piperidine rings is 1. The number of aromatic amines is 1. The second kappa shape index (κ2) is 8.88. The monoisotopic (exact) mass is 511 g/mol. The molecular weight excluding hydrogens is 466 g/mol. The van der Waals surface area contributed by atoms with Crippen molar-refractivity contribution in [3.63, 3.8) is 0 Å². The molecule has 1 atom stereocenters. The van der Waals surface area contributed by atoms with Gasteiger partial charge in [-0.15, -0.1) is 0 Å². The molecule has 2 fully saturated rings. The first-order valence-electron chi connectivity index (χ1n) is 13.8. The van der Waals surface area contributed by atoms with E-state index in [0.717, 1.165) is 56.6 Å². The van der Waals surface area contributed by atoms with Crippen LogP contribution in [0.5, 0.6) is 5.75 Å². The van der Waals surface area contributed by atoms with E-state index in [-0.39, 0.29) is 21.9 Å². The molecule has 5 rings (SSSR count). The molecule has 3 aliphatic rings. The van der Waals surface area contributed by atoms with Crippen LogP contribution in [0.3, 0.4) is 0 Å². The molecule has 2 N–H and O–H groups in total. The number of carbonyl (C=O) groups is 1. The Kier molecular flexibility index (Phi) is 6.36. The molecule has 1 aromatic carbocycles. The Morgan fingerprint density at radius 2 is 1.89 bits per heavy atom. The van der Waals surface area contributed by atoms with Crippen molar-refractivity contribution in [2.75, 3.05) is 33.4 Å². The highest BCUT2D eigenvalue weighted by Gasteiger charge is 2.50. The first-order valence-corrected chi connectivity index (χ1v) is 16.7. The number of H-pyrrole nitrogens is 1. The fraction of sp³-hybridized carbons (Fsp3) is 0.690. The van der Waals surface area contributed by atoms with E-state index >= 15 is 0 Å². The molecule has 1 saturated heterocycles. The lowest BCUT2D eigenvalue weighted by molar-refractivity contribution is -0.139. The minimum absolute atomic E-state index is 0.00898. The summed E-state index contributed by atoms with van der Waals surface area (Å²) in [7, 11) is -0.186. The lowest BCUT2D eigenvalue weighted by Crippen LogP contribution is -2.60. The minimum atomic E-state index is -1.91. The molecule has 0 bridgehead atoms.